The number of nitrogens with one attached hydrogen (secondary N) is 2. The molecule has 0 spiro atoms. The summed E-state index contributed by atoms with van der Waals surface area (Å²) in [5.74, 6) is -0.636. The molecule has 0 aromatic heterocycles. The summed E-state index contributed by atoms with van der Waals surface area (Å²) >= 11 is 0. The number of nitrogens with zero attached hydrogens (tertiary/aromatic N) is 1. The first-order valence-corrected chi connectivity index (χ1v) is 9.21. The molecule has 0 saturated carbocycles. The number of ether oxygens (including phenoxy) is 1. The van der Waals surface area contributed by atoms with E-state index in [0.29, 0.717) is 12.1 Å². The second-order valence-electron chi connectivity index (χ2n) is 7.32. The second-order valence-corrected chi connectivity index (χ2v) is 7.32. The topological polar surface area (TPSA) is 87.7 Å². The number of carbonyl (C=O) groups excluding carboxylic acids is 3. The number of hydrogen-bond acceptors (Lipinski definition) is 4. The zero-order valence-corrected chi connectivity index (χ0v) is 16.9. The molecule has 27 heavy (non-hydrogen) atoms. The predicted molar refractivity (Wildman–Crippen MR) is 104 cm³/mol. The van der Waals surface area contributed by atoms with Gasteiger partial charge in [-0.1, -0.05) is 43.7 Å². The first-order chi connectivity index (χ1) is 12.7. The highest BCUT2D eigenvalue weighted by Crippen LogP contribution is 2.19. The highest BCUT2D eigenvalue weighted by Gasteiger charge is 2.28. The van der Waals surface area contributed by atoms with Crippen molar-refractivity contribution in [2.24, 2.45) is 0 Å². The van der Waals surface area contributed by atoms with Crippen LogP contribution in [-0.4, -0.2) is 48.5 Å². The molecule has 0 aliphatic rings. The molecule has 2 N–H and O–H groups in total. The van der Waals surface area contributed by atoms with Crippen molar-refractivity contribution in [1.29, 1.82) is 0 Å². The molecule has 0 saturated heterocycles. The summed E-state index contributed by atoms with van der Waals surface area (Å²) in [5.41, 5.74) is 0.0599. The lowest BCUT2D eigenvalue weighted by Crippen LogP contribution is -2.46. The first kappa shape index (κ1) is 22.5. The van der Waals surface area contributed by atoms with Gasteiger partial charge in [-0.05, 0) is 32.8 Å². The summed E-state index contributed by atoms with van der Waals surface area (Å²) in [4.78, 5) is 38.3. The number of unbranched alkanes of at least 4 members (excludes halogenated alkanes) is 1. The lowest BCUT2D eigenvalue weighted by atomic mass is 10.0. The molecule has 1 aromatic carbocycles. The number of rotatable bonds is 8. The van der Waals surface area contributed by atoms with Gasteiger partial charge in [-0.25, -0.2) is 4.79 Å². The predicted octanol–water partition coefficient (Wildman–Crippen LogP) is 2.63. The molecule has 1 aromatic rings. The third-order valence-corrected chi connectivity index (χ3v) is 3.76. The quantitative estimate of drug-likeness (QED) is 0.682. The summed E-state index contributed by atoms with van der Waals surface area (Å²) in [5, 5.41) is 5.30. The summed E-state index contributed by atoms with van der Waals surface area (Å²) in [6.45, 7) is 7.57. The molecule has 1 atom stereocenters. The van der Waals surface area contributed by atoms with Crippen LogP contribution in [0.4, 0.5) is 4.79 Å². The summed E-state index contributed by atoms with van der Waals surface area (Å²) < 4.78 is 5.13. The Bertz CT molecular complexity index is 626. The van der Waals surface area contributed by atoms with Crippen LogP contribution in [-0.2, 0) is 14.3 Å². The van der Waals surface area contributed by atoms with E-state index in [1.54, 1.807) is 40.0 Å². The standard InChI is InChI=1S/C20H31N3O4/c1-6-7-13-21-18(25)17(15-11-9-8-10-12-15)23(5)16(24)14-22-19(26)27-20(2,3)4/h8-12,17H,6-7,13-14H2,1-5H3,(H,21,25)(H,22,26). The molecule has 0 aliphatic carbocycles. The monoisotopic (exact) mass is 377 g/mol. The fourth-order valence-electron chi connectivity index (χ4n) is 2.40. The van der Waals surface area contributed by atoms with Crippen LogP contribution in [0, 0.1) is 0 Å². The second kappa shape index (κ2) is 10.5. The van der Waals surface area contributed by atoms with Gasteiger partial charge in [-0.3, -0.25) is 9.59 Å². The number of alkyl carbamates (subject to hydrolysis) is 1. The van der Waals surface area contributed by atoms with Crippen LogP contribution in [0.3, 0.4) is 0 Å². The molecule has 3 amide bonds. The first-order valence-electron chi connectivity index (χ1n) is 9.21. The number of hydrogen-bond donors (Lipinski definition) is 2. The molecule has 0 fully saturated rings. The third-order valence-electron chi connectivity index (χ3n) is 3.76. The molecule has 7 heteroatoms. The van der Waals surface area contributed by atoms with Gasteiger partial charge >= 0.3 is 6.09 Å². The maximum Gasteiger partial charge on any atom is 0.408 e. The Morgan fingerprint density at radius 2 is 1.74 bits per heavy atom. The molecule has 0 bridgehead atoms. The van der Waals surface area contributed by atoms with Gasteiger partial charge in [0.1, 0.15) is 18.2 Å². The van der Waals surface area contributed by atoms with E-state index in [4.69, 9.17) is 4.74 Å². The minimum Gasteiger partial charge on any atom is -0.444 e. The average molecular weight is 377 g/mol. The van der Waals surface area contributed by atoms with Gasteiger partial charge in [0.25, 0.3) is 0 Å². The van der Waals surface area contributed by atoms with E-state index >= 15 is 0 Å². The molecular formula is C20H31N3O4. The van der Waals surface area contributed by atoms with Gasteiger partial charge in [0, 0.05) is 13.6 Å². The van der Waals surface area contributed by atoms with Gasteiger partial charge in [0.15, 0.2) is 0 Å². The Hall–Kier alpha value is -2.57. The Morgan fingerprint density at radius 3 is 2.30 bits per heavy atom. The summed E-state index contributed by atoms with van der Waals surface area (Å²) in [7, 11) is 1.55. The maximum absolute atomic E-state index is 12.7. The Balaban J connectivity index is 2.80. The highest BCUT2D eigenvalue weighted by atomic mass is 16.6. The van der Waals surface area contributed by atoms with Crippen LogP contribution in [0.1, 0.15) is 52.1 Å². The largest absolute Gasteiger partial charge is 0.444 e. The molecule has 0 radical (unpaired) electrons. The van der Waals surface area contributed by atoms with Crippen LogP contribution in [0.5, 0.6) is 0 Å². The lowest BCUT2D eigenvalue weighted by Gasteiger charge is -2.28. The van der Waals surface area contributed by atoms with Crippen LogP contribution in [0.25, 0.3) is 0 Å². The average Bonchev–Trinajstić information content (AvgIpc) is 2.59. The van der Waals surface area contributed by atoms with Gasteiger partial charge < -0.3 is 20.3 Å². The van der Waals surface area contributed by atoms with Crippen molar-refractivity contribution in [3.8, 4) is 0 Å². The van der Waals surface area contributed by atoms with E-state index in [0.717, 1.165) is 12.8 Å². The van der Waals surface area contributed by atoms with Gasteiger partial charge in [-0.2, -0.15) is 0 Å². The van der Waals surface area contributed by atoms with Gasteiger partial charge in [0.05, 0.1) is 0 Å². The molecule has 150 valence electrons. The molecule has 0 aliphatic heterocycles. The minimum absolute atomic E-state index is 0.247. The van der Waals surface area contributed by atoms with E-state index in [2.05, 4.69) is 10.6 Å². The van der Waals surface area contributed by atoms with E-state index in [1.807, 2.05) is 25.1 Å². The molecular weight excluding hydrogens is 346 g/mol. The van der Waals surface area contributed by atoms with Gasteiger partial charge in [0.2, 0.25) is 11.8 Å². The normalized spacial score (nSPS) is 12.0. The molecule has 7 nitrogen and oxygen atoms in total. The van der Waals surface area contributed by atoms with Crippen LogP contribution in [0.15, 0.2) is 30.3 Å². The van der Waals surface area contributed by atoms with Crippen molar-refractivity contribution in [3.05, 3.63) is 35.9 Å². The smallest absolute Gasteiger partial charge is 0.408 e. The van der Waals surface area contributed by atoms with Crippen LogP contribution >= 0.6 is 0 Å². The minimum atomic E-state index is -0.768. The summed E-state index contributed by atoms with van der Waals surface area (Å²) in [6, 6.07) is 8.32. The molecule has 0 heterocycles. The Morgan fingerprint density at radius 1 is 1.11 bits per heavy atom. The number of likely N-dealkylation sites (N-methyl/N-ethyl adjacent to an activating group) is 1. The maximum atomic E-state index is 12.7. The fraction of sp³-hybridized carbons (Fsp3) is 0.550. The third kappa shape index (κ3) is 8.11. The van der Waals surface area contributed by atoms with E-state index in [9.17, 15) is 14.4 Å². The van der Waals surface area contributed by atoms with Crippen LogP contribution < -0.4 is 10.6 Å². The van der Waals surface area contributed by atoms with Crippen molar-refractivity contribution in [3.63, 3.8) is 0 Å². The molecule has 1 rings (SSSR count). The van der Waals surface area contributed by atoms with Crippen molar-refractivity contribution in [2.45, 2.75) is 52.2 Å². The van der Waals surface area contributed by atoms with E-state index in [1.165, 1.54) is 4.90 Å². The van der Waals surface area contributed by atoms with E-state index in [-0.39, 0.29) is 18.4 Å². The van der Waals surface area contributed by atoms with Gasteiger partial charge in [-0.15, -0.1) is 0 Å². The summed E-state index contributed by atoms with van der Waals surface area (Å²) in [6.07, 6.45) is 1.16. The van der Waals surface area contributed by atoms with E-state index < -0.39 is 17.7 Å². The zero-order valence-electron chi connectivity index (χ0n) is 16.9. The Labute approximate surface area is 161 Å². The highest BCUT2D eigenvalue weighted by molar-refractivity contribution is 5.90. The number of carbonyl (C=O) groups is 3. The van der Waals surface area contributed by atoms with Crippen molar-refractivity contribution >= 4 is 17.9 Å². The lowest BCUT2D eigenvalue weighted by molar-refractivity contribution is -0.138. The Kier molecular flexibility index (Phi) is 8.78. The molecule has 1 unspecified atom stereocenters. The SMILES string of the molecule is CCCCNC(=O)C(c1ccccc1)N(C)C(=O)CNC(=O)OC(C)(C)C. The van der Waals surface area contributed by atoms with Crippen molar-refractivity contribution in [1.82, 2.24) is 15.5 Å². The number of amides is 3. The fourth-order valence-corrected chi connectivity index (χ4v) is 2.40. The zero-order chi connectivity index (χ0) is 20.4. The van der Waals surface area contributed by atoms with Crippen LogP contribution in [0.2, 0.25) is 0 Å². The number of benzene rings is 1. The van der Waals surface area contributed by atoms with Crippen molar-refractivity contribution in [2.75, 3.05) is 20.1 Å². The van der Waals surface area contributed by atoms with Crippen molar-refractivity contribution < 1.29 is 19.1 Å².